The minimum Gasteiger partial charge on any atom is -0.547 e. The van der Waals surface area contributed by atoms with Gasteiger partial charge in [-0.15, -0.1) is 0 Å². The number of carboxylic acids is 1. The molecular weight excluding hydrogens is 207 g/mol. The van der Waals surface area contributed by atoms with Crippen LogP contribution < -0.4 is 34.7 Å². The van der Waals surface area contributed by atoms with E-state index in [-0.39, 0.29) is 29.6 Å². The van der Waals surface area contributed by atoms with Crippen molar-refractivity contribution in [1.29, 1.82) is 0 Å². The molecule has 1 fully saturated rings. The van der Waals surface area contributed by atoms with Gasteiger partial charge in [0.1, 0.15) is 24.4 Å². The zero-order valence-corrected chi connectivity index (χ0v) is 9.40. The third kappa shape index (κ3) is 2.65. The average molecular weight is 216 g/mol. The second kappa shape index (κ2) is 5.38. The number of ether oxygens (including phenoxy) is 1. The van der Waals surface area contributed by atoms with Gasteiger partial charge in [-0.25, -0.2) is 0 Å². The van der Waals surface area contributed by atoms with Crippen LogP contribution in [0.15, 0.2) is 0 Å². The Kier molecular flexibility index (Phi) is 5.48. The monoisotopic (exact) mass is 216 g/mol. The normalized spacial score (nSPS) is 42.7. The summed E-state index contributed by atoms with van der Waals surface area (Å²) in [6.07, 6.45) is -9.00. The minimum absolute atomic E-state index is 0. The fourth-order valence-electron chi connectivity index (χ4n) is 1.06. The third-order valence-corrected chi connectivity index (χ3v) is 1.82. The summed E-state index contributed by atoms with van der Waals surface area (Å²) in [6.45, 7) is 0. The molecule has 2 unspecified atom stereocenters. The summed E-state index contributed by atoms with van der Waals surface area (Å²) in [7, 11) is 0. The van der Waals surface area contributed by atoms with E-state index in [1.165, 1.54) is 0 Å². The number of hydrogen-bond donors (Lipinski definition) is 4. The van der Waals surface area contributed by atoms with Crippen LogP contribution in [-0.2, 0) is 9.53 Å². The number of aliphatic hydroxyl groups excluding tert-OH is 4. The number of carbonyl (C=O) groups excluding carboxylic acids is 1. The Morgan fingerprint density at radius 1 is 1.07 bits per heavy atom. The van der Waals surface area contributed by atoms with Crippen LogP contribution in [0.3, 0.4) is 0 Å². The molecule has 0 radical (unpaired) electrons. The molecule has 1 heterocycles. The molecule has 1 rings (SSSR count). The van der Waals surface area contributed by atoms with Gasteiger partial charge >= 0.3 is 29.6 Å². The van der Waals surface area contributed by atoms with Crippen LogP contribution in [0.2, 0.25) is 0 Å². The van der Waals surface area contributed by atoms with Gasteiger partial charge in [0.2, 0.25) is 0 Å². The molecule has 0 amide bonds. The number of carbonyl (C=O) groups is 1. The molecule has 0 bridgehead atoms. The summed E-state index contributed by atoms with van der Waals surface area (Å²) in [6, 6.07) is 0. The van der Waals surface area contributed by atoms with Gasteiger partial charge in [0, 0.05) is 0 Å². The van der Waals surface area contributed by atoms with Crippen LogP contribution in [0.5, 0.6) is 0 Å². The predicted molar refractivity (Wildman–Crippen MR) is 33.9 cm³/mol. The van der Waals surface area contributed by atoms with Crippen molar-refractivity contribution in [2.45, 2.75) is 30.7 Å². The minimum atomic E-state index is -1.85. The van der Waals surface area contributed by atoms with Crippen molar-refractivity contribution in [3.8, 4) is 0 Å². The maximum absolute atomic E-state index is 10.3. The second-order valence-corrected chi connectivity index (χ2v) is 2.74. The van der Waals surface area contributed by atoms with E-state index in [2.05, 4.69) is 4.74 Å². The SMILES string of the molecule is O=C([O-])C1O[C@@H](O)[C@H](O)C(O)[C@@H]1O.[Na+]. The van der Waals surface area contributed by atoms with E-state index < -0.39 is 36.7 Å². The van der Waals surface area contributed by atoms with Gasteiger partial charge in [-0.1, -0.05) is 0 Å². The summed E-state index contributed by atoms with van der Waals surface area (Å²) in [5.74, 6) is -1.77. The summed E-state index contributed by atoms with van der Waals surface area (Å²) >= 11 is 0. The first kappa shape index (κ1) is 14.3. The Labute approximate surface area is 101 Å². The maximum Gasteiger partial charge on any atom is 1.00 e. The van der Waals surface area contributed by atoms with Crippen LogP contribution in [0.25, 0.3) is 0 Å². The van der Waals surface area contributed by atoms with Crippen LogP contribution in [0, 0.1) is 0 Å². The van der Waals surface area contributed by atoms with Gasteiger partial charge in [0.15, 0.2) is 6.29 Å². The van der Waals surface area contributed by atoms with Crippen LogP contribution in [0.4, 0.5) is 0 Å². The zero-order chi connectivity index (χ0) is 10.2. The van der Waals surface area contributed by atoms with Crippen molar-refractivity contribution in [3.63, 3.8) is 0 Å². The smallest absolute Gasteiger partial charge is 0.547 e. The van der Waals surface area contributed by atoms with E-state index in [0.29, 0.717) is 0 Å². The average Bonchev–Trinajstić information content (AvgIpc) is 2.07. The molecule has 0 aromatic heterocycles. The molecule has 1 aliphatic heterocycles. The van der Waals surface area contributed by atoms with Gasteiger partial charge in [-0.3, -0.25) is 0 Å². The molecular formula is C6H9NaO7. The van der Waals surface area contributed by atoms with E-state index in [4.69, 9.17) is 20.4 Å². The summed E-state index contributed by atoms with van der Waals surface area (Å²) in [5.41, 5.74) is 0. The molecule has 5 atom stereocenters. The number of aliphatic hydroxyl groups is 4. The van der Waals surface area contributed by atoms with Crippen molar-refractivity contribution >= 4 is 5.97 Å². The molecule has 0 aromatic carbocycles. The number of rotatable bonds is 1. The molecule has 8 heteroatoms. The Morgan fingerprint density at radius 2 is 1.57 bits per heavy atom. The number of aliphatic carboxylic acids is 1. The van der Waals surface area contributed by atoms with Gasteiger partial charge in [-0.2, -0.15) is 0 Å². The maximum atomic E-state index is 10.3. The summed E-state index contributed by atoms with van der Waals surface area (Å²) in [5, 5.41) is 46.1. The van der Waals surface area contributed by atoms with Crippen LogP contribution in [0.1, 0.15) is 0 Å². The van der Waals surface area contributed by atoms with Gasteiger partial charge in [-0.05, 0) is 0 Å². The van der Waals surface area contributed by atoms with E-state index in [9.17, 15) is 9.90 Å². The topological polar surface area (TPSA) is 130 Å². The predicted octanol–water partition coefficient (Wildman–Crippen LogP) is -7.46. The van der Waals surface area contributed by atoms with Gasteiger partial charge in [0.25, 0.3) is 0 Å². The van der Waals surface area contributed by atoms with Crippen LogP contribution in [-0.4, -0.2) is 57.1 Å². The largest absolute Gasteiger partial charge is 1.00 e. The zero-order valence-electron chi connectivity index (χ0n) is 7.40. The summed E-state index contributed by atoms with van der Waals surface area (Å²) < 4.78 is 4.28. The molecule has 0 aromatic rings. The molecule has 0 spiro atoms. The number of hydrogen-bond acceptors (Lipinski definition) is 7. The standard InChI is InChI=1S/C6H10O7.Na/c7-1-2(8)4(5(10)11)13-6(12)3(1)9;/h1-4,6-9,12H,(H,10,11);/q;+1/p-1/t1?,2-,3+,4?,6+;/m0./s1. The Morgan fingerprint density at radius 3 is 2.00 bits per heavy atom. The quantitative estimate of drug-likeness (QED) is 0.320. The molecule has 76 valence electrons. The molecule has 0 aliphatic carbocycles. The van der Waals surface area contributed by atoms with Crippen LogP contribution >= 0.6 is 0 Å². The third-order valence-electron chi connectivity index (χ3n) is 1.82. The van der Waals surface area contributed by atoms with Crippen molar-refractivity contribution in [2.75, 3.05) is 0 Å². The summed E-state index contributed by atoms with van der Waals surface area (Å²) in [4.78, 5) is 10.3. The molecule has 1 saturated heterocycles. The van der Waals surface area contributed by atoms with Crippen molar-refractivity contribution in [1.82, 2.24) is 0 Å². The van der Waals surface area contributed by atoms with Crippen molar-refractivity contribution in [3.05, 3.63) is 0 Å². The van der Waals surface area contributed by atoms with E-state index in [1.807, 2.05) is 0 Å². The van der Waals surface area contributed by atoms with Crippen molar-refractivity contribution in [2.24, 2.45) is 0 Å². The van der Waals surface area contributed by atoms with E-state index >= 15 is 0 Å². The first-order chi connectivity index (χ1) is 5.95. The second-order valence-electron chi connectivity index (χ2n) is 2.74. The van der Waals surface area contributed by atoms with E-state index in [0.717, 1.165) is 0 Å². The first-order valence-corrected chi connectivity index (χ1v) is 3.53. The molecule has 7 nitrogen and oxygen atoms in total. The molecule has 14 heavy (non-hydrogen) atoms. The first-order valence-electron chi connectivity index (χ1n) is 3.53. The molecule has 0 saturated carbocycles. The Hall–Kier alpha value is 0.270. The fourth-order valence-corrected chi connectivity index (χ4v) is 1.06. The molecule has 1 aliphatic rings. The van der Waals surface area contributed by atoms with Gasteiger partial charge < -0.3 is 35.1 Å². The Balaban J connectivity index is 0.00000169. The van der Waals surface area contributed by atoms with Crippen molar-refractivity contribution < 1.29 is 64.6 Å². The van der Waals surface area contributed by atoms with E-state index in [1.54, 1.807) is 0 Å². The molecule has 4 N–H and O–H groups in total. The van der Waals surface area contributed by atoms with Gasteiger partial charge in [0.05, 0.1) is 5.97 Å². The Bertz CT molecular complexity index is 210. The fraction of sp³-hybridized carbons (Fsp3) is 0.833. The number of carboxylic acid groups (broad SMARTS) is 1.